The van der Waals surface area contributed by atoms with Crippen molar-refractivity contribution in [3.05, 3.63) is 30.0 Å². The summed E-state index contributed by atoms with van der Waals surface area (Å²) in [5.41, 5.74) is 1.98. The van der Waals surface area contributed by atoms with Crippen LogP contribution in [0.25, 0.3) is 10.9 Å². The zero-order valence-corrected chi connectivity index (χ0v) is 13.8. The average Bonchev–Trinajstić information content (AvgIpc) is 2.44. The van der Waals surface area contributed by atoms with Gasteiger partial charge in [0.25, 0.3) is 0 Å². The Labute approximate surface area is 129 Å². The topological polar surface area (TPSA) is 54.4 Å². The second kappa shape index (κ2) is 6.54. The smallest absolute Gasteiger partial charge is 0.145 e. The number of ether oxygens (including phenoxy) is 1. The molecule has 1 atom stereocenters. The van der Waals surface area contributed by atoms with E-state index in [1.54, 1.807) is 18.9 Å². The van der Waals surface area contributed by atoms with Gasteiger partial charge < -0.3 is 15.2 Å². The standard InChI is InChI=1S/C16H22N2O2S/c1-11-8-13(17-9-16(2,19)10-21-4)12-6-5-7-14(20-3)15(12)18-11/h5-8,19H,9-10H2,1-4H3,(H,17,18). The third kappa shape index (κ3) is 3.80. The van der Waals surface area contributed by atoms with Gasteiger partial charge in [-0.25, -0.2) is 4.98 Å². The number of thioether (sulfide) groups is 1. The lowest BCUT2D eigenvalue weighted by Gasteiger charge is -2.24. The van der Waals surface area contributed by atoms with E-state index < -0.39 is 5.60 Å². The van der Waals surface area contributed by atoms with E-state index in [0.29, 0.717) is 12.3 Å². The molecule has 2 aromatic rings. The Balaban J connectivity index is 2.36. The number of nitrogens with one attached hydrogen (secondary N) is 1. The Bertz CT molecular complexity index is 629. The number of fused-ring (bicyclic) bond motifs is 1. The Kier molecular flexibility index (Phi) is 4.96. The normalized spacial score (nSPS) is 14.0. The Morgan fingerprint density at radius 2 is 2.19 bits per heavy atom. The molecule has 0 fully saturated rings. The van der Waals surface area contributed by atoms with E-state index in [1.807, 2.05) is 44.4 Å². The molecule has 0 saturated carbocycles. The minimum atomic E-state index is -0.748. The number of aryl methyl sites for hydroxylation is 1. The van der Waals surface area contributed by atoms with E-state index in [9.17, 15) is 5.11 Å². The van der Waals surface area contributed by atoms with Crippen molar-refractivity contribution in [2.75, 3.05) is 31.0 Å². The van der Waals surface area contributed by atoms with Crippen LogP contribution in [0.2, 0.25) is 0 Å². The predicted octanol–water partition coefficient (Wildman–Crippen LogP) is 3.08. The molecule has 21 heavy (non-hydrogen) atoms. The fourth-order valence-electron chi connectivity index (χ4n) is 2.31. The van der Waals surface area contributed by atoms with E-state index in [1.165, 1.54) is 0 Å². The molecule has 4 nitrogen and oxygen atoms in total. The molecule has 0 aliphatic rings. The third-order valence-electron chi connectivity index (χ3n) is 3.27. The van der Waals surface area contributed by atoms with Crippen LogP contribution >= 0.6 is 11.8 Å². The minimum Gasteiger partial charge on any atom is -0.494 e. The van der Waals surface area contributed by atoms with Gasteiger partial charge in [-0.15, -0.1) is 0 Å². The van der Waals surface area contributed by atoms with Crippen LogP contribution in [0.1, 0.15) is 12.6 Å². The van der Waals surface area contributed by atoms with Crippen LogP contribution in [0.15, 0.2) is 24.3 Å². The van der Waals surface area contributed by atoms with Crippen LogP contribution in [-0.2, 0) is 0 Å². The van der Waals surface area contributed by atoms with Gasteiger partial charge in [0.05, 0.1) is 12.7 Å². The zero-order valence-electron chi connectivity index (χ0n) is 12.9. The largest absolute Gasteiger partial charge is 0.494 e. The van der Waals surface area contributed by atoms with Crippen molar-refractivity contribution in [1.29, 1.82) is 0 Å². The number of hydrogen-bond donors (Lipinski definition) is 2. The van der Waals surface area contributed by atoms with E-state index in [4.69, 9.17) is 4.74 Å². The van der Waals surface area contributed by atoms with E-state index in [-0.39, 0.29) is 0 Å². The molecule has 1 aromatic heterocycles. The first-order valence-corrected chi connectivity index (χ1v) is 8.26. The average molecular weight is 306 g/mol. The molecule has 0 saturated heterocycles. The number of para-hydroxylation sites is 1. The SMILES string of the molecule is COc1cccc2c(NCC(C)(O)CSC)cc(C)nc12. The van der Waals surface area contributed by atoms with Crippen LogP contribution in [0, 0.1) is 6.92 Å². The molecule has 0 bridgehead atoms. The van der Waals surface area contributed by atoms with Crippen molar-refractivity contribution >= 4 is 28.4 Å². The van der Waals surface area contributed by atoms with Crippen molar-refractivity contribution < 1.29 is 9.84 Å². The van der Waals surface area contributed by atoms with Crippen LogP contribution < -0.4 is 10.1 Å². The number of aliphatic hydroxyl groups is 1. The van der Waals surface area contributed by atoms with Crippen molar-refractivity contribution in [3.8, 4) is 5.75 Å². The highest BCUT2D eigenvalue weighted by atomic mass is 32.2. The second-order valence-electron chi connectivity index (χ2n) is 5.45. The number of methoxy groups -OCH3 is 1. The second-order valence-corrected chi connectivity index (χ2v) is 6.32. The quantitative estimate of drug-likeness (QED) is 0.859. The van der Waals surface area contributed by atoms with Crippen molar-refractivity contribution in [2.24, 2.45) is 0 Å². The summed E-state index contributed by atoms with van der Waals surface area (Å²) in [6.07, 6.45) is 1.99. The first-order valence-electron chi connectivity index (χ1n) is 6.86. The third-order valence-corrected chi connectivity index (χ3v) is 4.18. The molecule has 5 heteroatoms. The predicted molar refractivity (Wildman–Crippen MR) is 90.5 cm³/mol. The van der Waals surface area contributed by atoms with Crippen LogP contribution in [0.3, 0.4) is 0 Å². The van der Waals surface area contributed by atoms with Crippen molar-refractivity contribution in [3.63, 3.8) is 0 Å². The molecule has 1 aromatic carbocycles. The lowest BCUT2D eigenvalue weighted by atomic mass is 10.1. The van der Waals surface area contributed by atoms with Gasteiger partial charge in [-0.3, -0.25) is 0 Å². The number of pyridine rings is 1. The maximum atomic E-state index is 10.3. The van der Waals surface area contributed by atoms with Gasteiger partial charge >= 0.3 is 0 Å². The number of rotatable bonds is 6. The summed E-state index contributed by atoms with van der Waals surface area (Å²) in [6.45, 7) is 4.29. The number of benzene rings is 1. The molecule has 0 amide bonds. The summed E-state index contributed by atoms with van der Waals surface area (Å²) in [5, 5.41) is 14.6. The van der Waals surface area contributed by atoms with E-state index in [2.05, 4.69) is 10.3 Å². The monoisotopic (exact) mass is 306 g/mol. The summed E-state index contributed by atoms with van der Waals surface area (Å²) in [5.74, 6) is 1.45. The molecule has 1 unspecified atom stereocenters. The number of aromatic nitrogens is 1. The van der Waals surface area contributed by atoms with Gasteiger partial charge in [0.2, 0.25) is 0 Å². The summed E-state index contributed by atoms with van der Waals surface area (Å²) in [6, 6.07) is 7.86. The Hall–Kier alpha value is -1.46. The molecular formula is C16H22N2O2S. The molecule has 0 aliphatic heterocycles. The highest BCUT2D eigenvalue weighted by Crippen LogP contribution is 2.30. The molecule has 0 radical (unpaired) electrons. The minimum absolute atomic E-state index is 0.490. The van der Waals surface area contributed by atoms with Crippen LogP contribution in [0.4, 0.5) is 5.69 Å². The summed E-state index contributed by atoms with van der Waals surface area (Å²) in [4.78, 5) is 4.56. The molecule has 2 N–H and O–H groups in total. The van der Waals surface area contributed by atoms with Gasteiger partial charge in [0.15, 0.2) is 0 Å². The highest BCUT2D eigenvalue weighted by Gasteiger charge is 2.20. The van der Waals surface area contributed by atoms with Gasteiger partial charge in [0.1, 0.15) is 11.3 Å². The maximum absolute atomic E-state index is 10.3. The fraction of sp³-hybridized carbons (Fsp3) is 0.438. The Morgan fingerprint density at radius 1 is 1.43 bits per heavy atom. The first kappa shape index (κ1) is 15.9. The van der Waals surface area contributed by atoms with Gasteiger partial charge in [-0.2, -0.15) is 11.8 Å². The number of nitrogens with zero attached hydrogens (tertiary/aromatic N) is 1. The summed E-state index contributed by atoms with van der Waals surface area (Å²) >= 11 is 1.63. The van der Waals surface area contributed by atoms with Crippen LogP contribution in [0.5, 0.6) is 5.75 Å². The van der Waals surface area contributed by atoms with Gasteiger partial charge in [-0.05, 0) is 32.2 Å². The molecule has 2 rings (SSSR count). The molecule has 114 valence electrons. The van der Waals surface area contributed by atoms with Crippen molar-refractivity contribution in [2.45, 2.75) is 19.4 Å². The molecular weight excluding hydrogens is 284 g/mol. The Morgan fingerprint density at radius 3 is 2.86 bits per heavy atom. The van der Waals surface area contributed by atoms with Gasteiger partial charge in [-0.1, -0.05) is 12.1 Å². The maximum Gasteiger partial charge on any atom is 0.145 e. The number of hydrogen-bond acceptors (Lipinski definition) is 5. The summed E-state index contributed by atoms with van der Waals surface area (Å²) in [7, 11) is 1.65. The first-order chi connectivity index (χ1) is 9.96. The summed E-state index contributed by atoms with van der Waals surface area (Å²) < 4.78 is 5.38. The lowest BCUT2D eigenvalue weighted by molar-refractivity contribution is 0.0997. The van der Waals surface area contributed by atoms with Crippen LogP contribution in [-0.4, -0.2) is 41.4 Å². The van der Waals surface area contributed by atoms with Crippen molar-refractivity contribution in [1.82, 2.24) is 4.98 Å². The van der Waals surface area contributed by atoms with Gasteiger partial charge in [0, 0.05) is 29.1 Å². The molecule has 0 spiro atoms. The zero-order chi connectivity index (χ0) is 15.5. The molecule has 1 heterocycles. The van der Waals surface area contributed by atoms with E-state index >= 15 is 0 Å². The van der Waals surface area contributed by atoms with E-state index in [0.717, 1.165) is 28.0 Å². The fourth-order valence-corrected chi connectivity index (χ4v) is 3.03. The highest BCUT2D eigenvalue weighted by molar-refractivity contribution is 7.98. The lowest BCUT2D eigenvalue weighted by Crippen LogP contribution is -2.36. The number of anilines is 1. The molecule has 0 aliphatic carbocycles.